The number of esters is 1. The number of nitrogens with zero attached hydrogens (tertiary/aromatic N) is 2. The van der Waals surface area contributed by atoms with E-state index in [1.54, 1.807) is 30.3 Å². The van der Waals surface area contributed by atoms with Gasteiger partial charge in [-0.05, 0) is 41.5 Å². The van der Waals surface area contributed by atoms with Crippen molar-refractivity contribution in [3.8, 4) is 5.75 Å². The highest BCUT2D eigenvalue weighted by Gasteiger charge is 2.28. The molecule has 1 fully saturated rings. The lowest BCUT2D eigenvalue weighted by atomic mass is 10.1. The van der Waals surface area contributed by atoms with Gasteiger partial charge in [-0.15, -0.1) is 0 Å². The molecule has 0 aromatic heterocycles. The van der Waals surface area contributed by atoms with Gasteiger partial charge in [0.25, 0.3) is 0 Å². The second-order valence-electron chi connectivity index (χ2n) is 8.60. The molecule has 0 atom stereocenters. The fraction of sp³-hybridized carbons (Fsp3) is 0.296. The normalized spacial score (nSPS) is 14.9. The highest BCUT2D eigenvalue weighted by Crippen LogP contribution is 2.25. The van der Waals surface area contributed by atoms with Crippen molar-refractivity contribution in [1.82, 2.24) is 9.21 Å². The van der Waals surface area contributed by atoms with Crippen LogP contribution in [-0.2, 0) is 39.1 Å². The molecule has 3 aromatic rings. The van der Waals surface area contributed by atoms with E-state index in [0.29, 0.717) is 49.2 Å². The van der Waals surface area contributed by atoms with Crippen molar-refractivity contribution >= 4 is 27.6 Å². The maximum absolute atomic E-state index is 13.0. The summed E-state index contributed by atoms with van der Waals surface area (Å²) < 4.78 is 38.4. The first-order chi connectivity index (χ1) is 17.3. The quantitative estimate of drug-likeness (QED) is 0.388. The summed E-state index contributed by atoms with van der Waals surface area (Å²) in [5.41, 5.74) is 2.76. The third-order valence-electron chi connectivity index (χ3n) is 6.11. The first-order valence-corrected chi connectivity index (χ1v) is 13.5. The Hall–Kier alpha value is -2.91. The predicted octanol–water partition coefficient (Wildman–Crippen LogP) is 4.14. The second-order valence-corrected chi connectivity index (χ2v) is 11.0. The number of carbonyl (C=O) groups is 1. The standard InChI is InChI=1S/C27H29ClN2O5S/c1-34-27(31)18-22-9-12-26(35-20-21-7-10-24(28)11-8-21)23(17-22)19-29-13-15-30(16-14-29)36(32,33)25-5-3-2-4-6-25/h2-12,17H,13-16,18-20H2,1H3. The summed E-state index contributed by atoms with van der Waals surface area (Å²) in [7, 11) is -2.14. The Labute approximate surface area is 217 Å². The van der Waals surface area contributed by atoms with E-state index in [2.05, 4.69) is 4.90 Å². The van der Waals surface area contributed by atoms with Gasteiger partial charge in [0.1, 0.15) is 12.4 Å². The van der Waals surface area contributed by atoms with Crippen LogP contribution in [0.5, 0.6) is 5.75 Å². The first kappa shape index (κ1) is 26.2. The van der Waals surface area contributed by atoms with Gasteiger partial charge in [0.2, 0.25) is 10.0 Å². The fourth-order valence-corrected chi connectivity index (χ4v) is 5.67. The van der Waals surface area contributed by atoms with E-state index in [0.717, 1.165) is 22.4 Å². The highest BCUT2D eigenvalue weighted by atomic mass is 35.5. The van der Waals surface area contributed by atoms with Gasteiger partial charge in [-0.3, -0.25) is 9.69 Å². The zero-order valence-corrected chi connectivity index (χ0v) is 21.7. The summed E-state index contributed by atoms with van der Waals surface area (Å²) in [6.07, 6.45) is 0.171. The average molecular weight is 529 g/mol. The molecule has 7 nitrogen and oxygen atoms in total. The molecule has 0 unspecified atom stereocenters. The molecule has 1 aliphatic rings. The van der Waals surface area contributed by atoms with Gasteiger partial charge in [0.15, 0.2) is 0 Å². The Bertz CT molecular complexity index is 1280. The van der Waals surface area contributed by atoms with Crippen LogP contribution in [0.15, 0.2) is 77.7 Å². The minimum Gasteiger partial charge on any atom is -0.489 e. The molecule has 0 N–H and O–H groups in total. The van der Waals surface area contributed by atoms with E-state index in [9.17, 15) is 13.2 Å². The van der Waals surface area contributed by atoms with E-state index in [1.165, 1.54) is 11.4 Å². The molecule has 36 heavy (non-hydrogen) atoms. The molecule has 0 radical (unpaired) electrons. The van der Waals surface area contributed by atoms with Crippen molar-refractivity contribution in [2.24, 2.45) is 0 Å². The summed E-state index contributed by atoms with van der Waals surface area (Å²) in [5, 5.41) is 0.667. The number of ether oxygens (including phenoxy) is 2. The van der Waals surface area contributed by atoms with Gasteiger partial charge in [0.05, 0.1) is 18.4 Å². The lowest BCUT2D eigenvalue weighted by Gasteiger charge is -2.34. The molecule has 190 valence electrons. The summed E-state index contributed by atoms with van der Waals surface area (Å²) in [5.74, 6) is 0.411. The van der Waals surface area contributed by atoms with Gasteiger partial charge in [-0.25, -0.2) is 8.42 Å². The Morgan fingerprint density at radius 3 is 2.25 bits per heavy atom. The van der Waals surface area contributed by atoms with Crippen LogP contribution in [0, 0.1) is 0 Å². The zero-order valence-electron chi connectivity index (χ0n) is 20.1. The third-order valence-corrected chi connectivity index (χ3v) is 8.28. The number of hydrogen-bond acceptors (Lipinski definition) is 6. The van der Waals surface area contributed by atoms with Crippen LogP contribution in [0.25, 0.3) is 0 Å². The number of sulfonamides is 1. The highest BCUT2D eigenvalue weighted by molar-refractivity contribution is 7.89. The Kier molecular flexibility index (Phi) is 8.64. The number of rotatable bonds is 9. The molecule has 1 saturated heterocycles. The maximum atomic E-state index is 13.0. The molecule has 0 aliphatic carbocycles. The Balaban J connectivity index is 1.45. The summed E-state index contributed by atoms with van der Waals surface area (Å²) in [6.45, 7) is 2.93. The monoisotopic (exact) mass is 528 g/mol. The minimum absolute atomic E-state index is 0.171. The first-order valence-electron chi connectivity index (χ1n) is 11.7. The third kappa shape index (κ3) is 6.64. The number of methoxy groups -OCH3 is 1. The van der Waals surface area contributed by atoms with E-state index in [4.69, 9.17) is 21.1 Å². The van der Waals surface area contributed by atoms with Crippen LogP contribution in [0.3, 0.4) is 0 Å². The van der Waals surface area contributed by atoms with E-state index in [1.807, 2.05) is 42.5 Å². The molecule has 3 aromatic carbocycles. The van der Waals surface area contributed by atoms with Gasteiger partial charge >= 0.3 is 5.97 Å². The van der Waals surface area contributed by atoms with E-state index in [-0.39, 0.29) is 12.4 Å². The predicted molar refractivity (Wildman–Crippen MR) is 138 cm³/mol. The molecule has 0 spiro atoms. The number of halogens is 1. The molecule has 0 saturated carbocycles. The van der Waals surface area contributed by atoms with Crippen molar-refractivity contribution in [2.75, 3.05) is 33.3 Å². The molecule has 0 amide bonds. The Morgan fingerprint density at radius 2 is 1.58 bits per heavy atom. The van der Waals surface area contributed by atoms with Gasteiger partial charge < -0.3 is 9.47 Å². The molecular weight excluding hydrogens is 500 g/mol. The van der Waals surface area contributed by atoms with Crippen molar-refractivity contribution in [2.45, 2.75) is 24.5 Å². The van der Waals surface area contributed by atoms with Crippen LogP contribution in [0.4, 0.5) is 0 Å². The van der Waals surface area contributed by atoms with Crippen molar-refractivity contribution in [3.63, 3.8) is 0 Å². The van der Waals surface area contributed by atoms with Crippen LogP contribution in [-0.4, -0.2) is 56.9 Å². The maximum Gasteiger partial charge on any atom is 0.309 e. The Morgan fingerprint density at radius 1 is 0.917 bits per heavy atom. The SMILES string of the molecule is COC(=O)Cc1ccc(OCc2ccc(Cl)cc2)c(CN2CCN(S(=O)(=O)c3ccccc3)CC2)c1. The number of hydrogen-bond donors (Lipinski definition) is 0. The molecule has 1 heterocycles. The number of carbonyl (C=O) groups excluding carboxylic acids is 1. The molecule has 9 heteroatoms. The van der Waals surface area contributed by atoms with Gasteiger partial charge in [0, 0.05) is 43.3 Å². The van der Waals surface area contributed by atoms with E-state index >= 15 is 0 Å². The van der Waals surface area contributed by atoms with Gasteiger partial charge in [-0.2, -0.15) is 4.31 Å². The molecular formula is C27H29ClN2O5S. The minimum atomic E-state index is -3.51. The van der Waals surface area contributed by atoms with Crippen LogP contribution < -0.4 is 4.74 Å². The second kappa shape index (κ2) is 11.9. The molecule has 4 rings (SSSR count). The summed E-state index contributed by atoms with van der Waals surface area (Å²) in [6, 6.07) is 21.7. The van der Waals surface area contributed by atoms with Crippen molar-refractivity contribution in [3.05, 3.63) is 94.5 Å². The lowest BCUT2D eigenvalue weighted by Crippen LogP contribution is -2.48. The van der Waals surface area contributed by atoms with E-state index < -0.39 is 10.0 Å². The summed E-state index contributed by atoms with van der Waals surface area (Å²) in [4.78, 5) is 14.3. The average Bonchev–Trinajstić information content (AvgIpc) is 2.90. The molecule has 1 aliphatic heterocycles. The van der Waals surface area contributed by atoms with Crippen LogP contribution in [0.1, 0.15) is 16.7 Å². The van der Waals surface area contributed by atoms with Crippen molar-refractivity contribution in [1.29, 1.82) is 0 Å². The topological polar surface area (TPSA) is 76.2 Å². The fourth-order valence-electron chi connectivity index (χ4n) is 4.10. The van der Waals surface area contributed by atoms with Crippen LogP contribution >= 0.6 is 11.6 Å². The largest absolute Gasteiger partial charge is 0.489 e. The zero-order chi connectivity index (χ0) is 25.5. The summed E-state index contributed by atoms with van der Waals surface area (Å²) >= 11 is 5.98. The number of benzene rings is 3. The van der Waals surface area contributed by atoms with Gasteiger partial charge in [-0.1, -0.05) is 54.1 Å². The number of piperazine rings is 1. The lowest BCUT2D eigenvalue weighted by molar-refractivity contribution is -0.139. The van der Waals surface area contributed by atoms with Crippen molar-refractivity contribution < 1.29 is 22.7 Å². The van der Waals surface area contributed by atoms with Crippen LogP contribution in [0.2, 0.25) is 5.02 Å². The molecule has 0 bridgehead atoms. The smallest absolute Gasteiger partial charge is 0.309 e.